The quantitative estimate of drug-likeness (QED) is 0.842. The fraction of sp³-hybridized carbons (Fsp3) is 0.529. The summed E-state index contributed by atoms with van der Waals surface area (Å²) in [5.41, 5.74) is 0.954. The third kappa shape index (κ3) is 4.61. The molecule has 1 saturated carbocycles. The molecule has 1 aliphatic carbocycles. The topological polar surface area (TPSA) is 29.5 Å². The van der Waals surface area contributed by atoms with Crippen molar-refractivity contribution in [1.29, 1.82) is 0 Å². The Labute approximate surface area is 115 Å². The van der Waals surface area contributed by atoms with Gasteiger partial charge in [0.2, 0.25) is 0 Å². The normalized spacial score (nSPS) is 22.4. The Bertz CT molecular complexity index is 448. The summed E-state index contributed by atoms with van der Waals surface area (Å²) < 4.78 is 6.03. The zero-order valence-corrected chi connectivity index (χ0v) is 11.6. The van der Waals surface area contributed by atoms with Crippen molar-refractivity contribution in [3.05, 3.63) is 29.8 Å². The first-order chi connectivity index (χ1) is 9.28. The van der Waals surface area contributed by atoms with Crippen LogP contribution in [0.1, 0.15) is 44.6 Å². The summed E-state index contributed by atoms with van der Waals surface area (Å²) in [6, 6.07) is 7.93. The largest absolute Gasteiger partial charge is 0.490 e. The van der Waals surface area contributed by atoms with Crippen LogP contribution in [0.3, 0.4) is 0 Å². The summed E-state index contributed by atoms with van der Waals surface area (Å²) in [5, 5.41) is 8.71. The van der Waals surface area contributed by atoms with E-state index >= 15 is 0 Å². The van der Waals surface area contributed by atoms with Crippen LogP contribution in [-0.2, 0) is 0 Å². The van der Waals surface area contributed by atoms with Crippen LogP contribution in [-0.4, -0.2) is 17.8 Å². The highest BCUT2D eigenvalue weighted by molar-refractivity contribution is 5.39. The van der Waals surface area contributed by atoms with Crippen LogP contribution in [0.4, 0.5) is 0 Å². The van der Waals surface area contributed by atoms with Gasteiger partial charge in [0.25, 0.3) is 0 Å². The van der Waals surface area contributed by atoms with E-state index in [1.807, 2.05) is 24.3 Å². The van der Waals surface area contributed by atoms with E-state index in [1.54, 1.807) is 0 Å². The van der Waals surface area contributed by atoms with Gasteiger partial charge >= 0.3 is 0 Å². The number of aliphatic hydroxyl groups excluding tert-OH is 1. The maximum atomic E-state index is 8.71. The molecule has 0 aliphatic heterocycles. The smallest absolute Gasteiger partial charge is 0.120 e. The fourth-order valence-corrected chi connectivity index (χ4v) is 2.41. The monoisotopic (exact) mass is 258 g/mol. The molecule has 0 amide bonds. The minimum Gasteiger partial charge on any atom is -0.490 e. The van der Waals surface area contributed by atoms with Gasteiger partial charge in [0.05, 0.1) is 12.7 Å². The zero-order valence-electron chi connectivity index (χ0n) is 11.6. The Morgan fingerprint density at radius 3 is 2.79 bits per heavy atom. The van der Waals surface area contributed by atoms with Crippen molar-refractivity contribution in [3.8, 4) is 17.6 Å². The van der Waals surface area contributed by atoms with E-state index in [9.17, 15) is 0 Å². The number of aliphatic hydroxyl groups is 1. The molecule has 0 unspecified atom stereocenters. The average Bonchev–Trinajstić information content (AvgIpc) is 2.42. The summed E-state index contributed by atoms with van der Waals surface area (Å²) >= 11 is 0. The van der Waals surface area contributed by atoms with Crippen molar-refractivity contribution in [1.82, 2.24) is 0 Å². The van der Waals surface area contributed by atoms with Gasteiger partial charge in [-0.3, -0.25) is 0 Å². The SMILES string of the molecule is CC1CCC(Oc2cccc(C#CCCO)c2)CC1. The molecule has 102 valence electrons. The number of ether oxygens (including phenoxy) is 1. The number of rotatable bonds is 3. The Morgan fingerprint density at radius 2 is 2.05 bits per heavy atom. The second-order valence-electron chi connectivity index (χ2n) is 5.30. The molecule has 0 saturated heterocycles. The van der Waals surface area contributed by atoms with Crippen LogP contribution < -0.4 is 4.74 Å². The minimum absolute atomic E-state index is 0.115. The van der Waals surface area contributed by atoms with Gasteiger partial charge in [-0.05, 0) is 49.8 Å². The van der Waals surface area contributed by atoms with Crippen LogP contribution in [0.15, 0.2) is 24.3 Å². The molecule has 1 aromatic carbocycles. The first-order valence-corrected chi connectivity index (χ1v) is 7.14. The molecule has 2 heteroatoms. The maximum absolute atomic E-state index is 8.71. The Morgan fingerprint density at radius 1 is 1.26 bits per heavy atom. The molecule has 0 bridgehead atoms. The number of hydrogen-bond acceptors (Lipinski definition) is 2. The molecule has 2 nitrogen and oxygen atoms in total. The van der Waals surface area contributed by atoms with Crippen molar-refractivity contribution in [2.75, 3.05) is 6.61 Å². The van der Waals surface area contributed by atoms with Crippen molar-refractivity contribution < 1.29 is 9.84 Å². The van der Waals surface area contributed by atoms with Crippen LogP contribution in [0.25, 0.3) is 0 Å². The highest BCUT2D eigenvalue weighted by Crippen LogP contribution is 2.27. The first kappa shape index (κ1) is 14.0. The third-order valence-electron chi connectivity index (χ3n) is 3.57. The van der Waals surface area contributed by atoms with Crippen molar-refractivity contribution in [2.45, 2.75) is 45.1 Å². The van der Waals surface area contributed by atoms with E-state index in [0.717, 1.165) is 30.1 Å². The van der Waals surface area contributed by atoms with Crippen molar-refractivity contribution in [3.63, 3.8) is 0 Å². The predicted molar refractivity (Wildman–Crippen MR) is 77.1 cm³/mol. The van der Waals surface area contributed by atoms with E-state index in [1.165, 1.54) is 12.8 Å². The lowest BCUT2D eigenvalue weighted by atomic mass is 9.89. The van der Waals surface area contributed by atoms with E-state index < -0.39 is 0 Å². The summed E-state index contributed by atoms with van der Waals surface area (Å²) in [7, 11) is 0. The number of benzene rings is 1. The molecule has 0 spiro atoms. The van der Waals surface area contributed by atoms with Gasteiger partial charge < -0.3 is 9.84 Å². The molecule has 2 rings (SSSR count). The van der Waals surface area contributed by atoms with E-state index in [0.29, 0.717) is 12.5 Å². The molecule has 0 radical (unpaired) electrons. The van der Waals surface area contributed by atoms with Crippen molar-refractivity contribution >= 4 is 0 Å². The molecule has 1 N–H and O–H groups in total. The second-order valence-corrected chi connectivity index (χ2v) is 5.30. The molecule has 0 aromatic heterocycles. The summed E-state index contributed by atoms with van der Waals surface area (Å²) in [4.78, 5) is 0. The molecular weight excluding hydrogens is 236 g/mol. The van der Waals surface area contributed by atoms with Gasteiger partial charge in [-0.1, -0.05) is 24.8 Å². The van der Waals surface area contributed by atoms with Crippen LogP contribution in [0.2, 0.25) is 0 Å². The number of hydrogen-bond donors (Lipinski definition) is 1. The summed E-state index contributed by atoms with van der Waals surface area (Å²) in [5.74, 6) is 7.73. The first-order valence-electron chi connectivity index (χ1n) is 7.14. The lowest BCUT2D eigenvalue weighted by molar-refractivity contribution is 0.135. The maximum Gasteiger partial charge on any atom is 0.120 e. The molecule has 19 heavy (non-hydrogen) atoms. The third-order valence-corrected chi connectivity index (χ3v) is 3.57. The van der Waals surface area contributed by atoms with Crippen LogP contribution in [0.5, 0.6) is 5.75 Å². The van der Waals surface area contributed by atoms with E-state index in [-0.39, 0.29) is 6.61 Å². The standard InChI is InChI=1S/C17H22O2/c1-14-8-10-16(11-9-14)19-17-7-4-6-15(13-17)5-2-3-12-18/h4,6-7,13-14,16,18H,3,8-12H2,1H3. The van der Waals surface area contributed by atoms with Gasteiger partial charge in [0.1, 0.15) is 5.75 Å². The highest BCUT2D eigenvalue weighted by Gasteiger charge is 2.19. The predicted octanol–water partition coefficient (Wildman–Crippen LogP) is 3.38. The Balaban J connectivity index is 1.94. The van der Waals surface area contributed by atoms with Gasteiger partial charge in [-0.25, -0.2) is 0 Å². The van der Waals surface area contributed by atoms with Crippen LogP contribution in [0, 0.1) is 17.8 Å². The second kappa shape index (κ2) is 7.21. The van der Waals surface area contributed by atoms with Crippen molar-refractivity contribution in [2.24, 2.45) is 5.92 Å². The average molecular weight is 258 g/mol. The van der Waals surface area contributed by atoms with Gasteiger partial charge in [0, 0.05) is 12.0 Å². The van der Waals surface area contributed by atoms with Gasteiger partial charge in [-0.2, -0.15) is 0 Å². The molecule has 1 fully saturated rings. The van der Waals surface area contributed by atoms with Gasteiger partial charge in [0.15, 0.2) is 0 Å². The molecule has 1 aromatic rings. The molecule has 1 aliphatic rings. The summed E-state index contributed by atoms with van der Waals surface area (Å²) in [6.45, 7) is 2.43. The molecule has 0 atom stereocenters. The Kier molecular flexibility index (Phi) is 5.30. The highest BCUT2D eigenvalue weighted by atomic mass is 16.5. The zero-order chi connectivity index (χ0) is 13.5. The Hall–Kier alpha value is -1.46. The lowest BCUT2D eigenvalue weighted by Gasteiger charge is -2.26. The van der Waals surface area contributed by atoms with E-state index in [4.69, 9.17) is 9.84 Å². The fourth-order valence-electron chi connectivity index (χ4n) is 2.41. The molecular formula is C17H22O2. The minimum atomic E-state index is 0.115. The van der Waals surface area contributed by atoms with Gasteiger partial charge in [-0.15, -0.1) is 0 Å². The van der Waals surface area contributed by atoms with Crippen LogP contribution >= 0.6 is 0 Å². The van der Waals surface area contributed by atoms with E-state index in [2.05, 4.69) is 18.8 Å². The lowest BCUT2D eigenvalue weighted by Crippen LogP contribution is -2.22. The molecule has 0 heterocycles. The summed E-state index contributed by atoms with van der Waals surface area (Å²) in [6.07, 6.45) is 5.72.